The number of nitrogens with zero attached hydrogens (tertiary/aromatic N) is 1. The Morgan fingerprint density at radius 1 is 1.06 bits per heavy atom. The van der Waals surface area contributed by atoms with Gasteiger partial charge in [-0.3, -0.25) is 0 Å². The second-order valence-corrected chi connectivity index (χ2v) is 5.19. The predicted octanol–water partition coefficient (Wildman–Crippen LogP) is 4.22. The molecule has 0 bridgehead atoms. The van der Waals surface area contributed by atoms with Crippen molar-refractivity contribution in [1.29, 1.82) is 0 Å². The van der Waals surface area contributed by atoms with E-state index in [0.717, 1.165) is 11.0 Å². The number of hydrogen-bond acceptors (Lipinski definition) is 0. The lowest BCUT2D eigenvalue weighted by molar-refractivity contribution is 0.772. The van der Waals surface area contributed by atoms with Crippen molar-refractivity contribution in [2.75, 3.05) is 0 Å². The van der Waals surface area contributed by atoms with Gasteiger partial charge in [0.15, 0.2) is 0 Å². The first-order valence-electron chi connectivity index (χ1n) is 5.45. The van der Waals surface area contributed by atoms with Crippen LogP contribution in [0.25, 0.3) is 0 Å². The zero-order chi connectivity index (χ0) is 11.7. The van der Waals surface area contributed by atoms with Crippen molar-refractivity contribution >= 4 is 15.9 Å². The van der Waals surface area contributed by atoms with Gasteiger partial charge in [0.1, 0.15) is 0 Å². The Morgan fingerprint density at radius 2 is 1.69 bits per heavy atom. The quantitative estimate of drug-likeness (QED) is 0.775. The molecule has 2 aromatic rings. The minimum Gasteiger partial charge on any atom is -0.347 e. The normalized spacial score (nSPS) is 10.8. The molecule has 1 aromatic carbocycles. The lowest BCUT2D eigenvalue weighted by Crippen LogP contribution is -2.00. The molecule has 0 aliphatic rings. The van der Waals surface area contributed by atoms with Gasteiger partial charge in [0, 0.05) is 22.9 Å². The Kier molecular flexibility index (Phi) is 3.20. The summed E-state index contributed by atoms with van der Waals surface area (Å²) in [6.07, 6.45) is 2.23. The molecule has 1 aromatic heterocycles. The molecule has 0 atom stereocenters. The van der Waals surface area contributed by atoms with Gasteiger partial charge in [-0.25, -0.2) is 0 Å². The first-order chi connectivity index (χ1) is 7.58. The van der Waals surface area contributed by atoms with Crippen molar-refractivity contribution < 1.29 is 0 Å². The Labute approximate surface area is 105 Å². The summed E-state index contributed by atoms with van der Waals surface area (Å²) in [6.45, 7) is 7.48. The van der Waals surface area contributed by atoms with Gasteiger partial charge in [-0.2, -0.15) is 0 Å². The highest BCUT2D eigenvalue weighted by Crippen LogP contribution is 2.17. The molecular weight excluding hydrogens is 262 g/mol. The van der Waals surface area contributed by atoms with E-state index in [0.29, 0.717) is 0 Å². The van der Waals surface area contributed by atoms with Gasteiger partial charge in [-0.1, -0.05) is 28.1 Å². The zero-order valence-electron chi connectivity index (χ0n) is 9.92. The molecule has 1 nitrogen and oxygen atoms in total. The number of hydrogen-bond donors (Lipinski definition) is 0. The van der Waals surface area contributed by atoms with Crippen molar-refractivity contribution in [3.8, 4) is 0 Å². The lowest BCUT2D eigenvalue weighted by Gasteiger charge is -2.06. The van der Waals surface area contributed by atoms with Gasteiger partial charge in [0.05, 0.1) is 0 Å². The van der Waals surface area contributed by atoms with E-state index in [2.05, 4.69) is 71.7 Å². The zero-order valence-corrected chi connectivity index (χ0v) is 11.5. The van der Waals surface area contributed by atoms with Crippen LogP contribution in [0.4, 0.5) is 0 Å². The summed E-state index contributed by atoms with van der Waals surface area (Å²) in [5, 5.41) is 0. The topological polar surface area (TPSA) is 4.93 Å². The van der Waals surface area contributed by atoms with Crippen molar-refractivity contribution in [1.82, 2.24) is 4.57 Å². The monoisotopic (exact) mass is 277 g/mol. The number of rotatable bonds is 2. The standard InChI is InChI=1S/C14H16BrN/c1-10-8-16(12(3)11(10)2)9-13-4-6-14(15)7-5-13/h4-8H,9H2,1-3H3. The number of aryl methyl sites for hydroxylation is 1. The van der Waals surface area contributed by atoms with Crippen LogP contribution < -0.4 is 0 Å². The fourth-order valence-corrected chi connectivity index (χ4v) is 2.14. The third kappa shape index (κ3) is 2.22. The van der Waals surface area contributed by atoms with Gasteiger partial charge in [0.25, 0.3) is 0 Å². The van der Waals surface area contributed by atoms with Crippen LogP contribution in [0.1, 0.15) is 22.4 Å². The summed E-state index contributed by atoms with van der Waals surface area (Å²) in [4.78, 5) is 0. The average molecular weight is 278 g/mol. The molecule has 0 amide bonds. The Balaban J connectivity index is 2.27. The molecule has 0 radical (unpaired) electrons. The third-order valence-corrected chi connectivity index (χ3v) is 3.71. The number of benzene rings is 1. The average Bonchev–Trinajstić information content (AvgIpc) is 2.50. The molecular formula is C14H16BrN. The Bertz CT molecular complexity index is 494. The highest BCUT2D eigenvalue weighted by atomic mass is 79.9. The van der Waals surface area contributed by atoms with Crippen LogP contribution in [0.2, 0.25) is 0 Å². The Hall–Kier alpha value is -1.02. The highest BCUT2D eigenvalue weighted by Gasteiger charge is 2.05. The van der Waals surface area contributed by atoms with E-state index in [1.807, 2.05) is 0 Å². The predicted molar refractivity (Wildman–Crippen MR) is 71.9 cm³/mol. The molecule has 0 fully saturated rings. The van der Waals surface area contributed by atoms with Gasteiger partial charge >= 0.3 is 0 Å². The largest absolute Gasteiger partial charge is 0.347 e. The minimum absolute atomic E-state index is 0.952. The van der Waals surface area contributed by atoms with Gasteiger partial charge in [0.2, 0.25) is 0 Å². The minimum atomic E-state index is 0.952. The maximum absolute atomic E-state index is 3.45. The molecule has 2 heteroatoms. The van der Waals surface area contributed by atoms with Crippen LogP contribution in [0.5, 0.6) is 0 Å². The molecule has 1 heterocycles. The Morgan fingerprint density at radius 3 is 2.19 bits per heavy atom. The molecule has 0 N–H and O–H groups in total. The van der Waals surface area contributed by atoms with Crippen LogP contribution in [-0.4, -0.2) is 4.57 Å². The molecule has 0 saturated carbocycles. The van der Waals surface area contributed by atoms with Gasteiger partial charge in [-0.15, -0.1) is 0 Å². The van der Waals surface area contributed by atoms with E-state index < -0.39 is 0 Å². The molecule has 0 spiro atoms. The summed E-state index contributed by atoms with van der Waals surface area (Å²) in [5.74, 6) is 0. The molecule has 0 aliphatic heterocycles. The first kappa shape index (κ1) is 11.5. The number of halogens is 1. The molecule has 84 valence electrons. The van der Waals surface area contributed by atoms with Crippen LogP contribution >= 0.6 is 15.9 Å². The molecule has 0 unspecified atom stereocenters. The van der Waals surface area contributed by atoms with Crippen LogP contribution in [-0.2, 0) is 6.54 Å². The van der Waals surface area contributed by atoms with E-state index in [1.54, 1.807) is 0 Å². The summed E-state index contributed by atoms with van der Waals surface area (Å²) in [5.41, 5.74) is 5.47. The summed E-state index contributed by atoms with van der Waals surface area (Å²) in [7, 11) is 0. The van der Waals surface area contributed by atoms with Crippen molar-refractivity contribution in [2.45, 2.75) is 27.3 Å². The van der Waals surface area contributed by atoms with E-state index in [4.69, 9.17) is 0 Å². The van der Waals surface area contributed by atoms with Crippen molar-refractivity contribution in [2.24, 2.45) is 0 Å². The van der Waals surface area contributed by atoms with Crippen LogP contribution in [0.3, 0.4) is 0 Å². The summed E-state index contributed by atoms with van der Waals surface area (Å²) >= 11 is 3.45. The van der Waals surface area contributed by atoms with Crippen LogP contribution in [0.15, 0.2) is 34.9 Å². The van der Waals surface area contributed by atoms with E-state index >= 15 is 0 Å². The second-order valence-electron chi connectivity index (χ2n) is 4.28. The summed E-state index contributed by atoms with van der Waals surface area (Å²) < 4.78 is 3.45. The summed E-state index contributed by atoms with van der Waals surface area (Å²) in [6, 6.07) is 8.50. The molecule has 2 rings (SSSR count). The van der Waals surface area contributed by atoms with Crippen molar-refractivity contribution in [3.05, 3.63) is 57.3 Å². The fraction of sp³-hybridized carbons (Fsp3) is 0.286. The first-order valence-corrected chi connectivity index (χ1v) is 6.24. The maximum Gasteiger partial charge on any atom is 0.0472 e. The fourth-order valence-electron chi connectivity index (χ4n) is 1.88. The van der Waals surface area contributed by atoms with Crippen molar-refractivity contribution in [3.63, 3.8) is 0 Å². The molecule has 0 saturated heterocycles. The van der Waals surface area contributed by atoms with Gasteiger partial charge in [-0.05, 0) is 49.6 Å². The highest BCUT2D eigenvalue weighted by molar-refractivity contribution is 9.10. The SMILES string of the molecule is Cc1cn(Cc2ccc(Br)cc2)c(C)c1C. The smallest absolute Gasteiger partial charge is 0.0472 e. The van der Waals surface area contributed by atoms with E-state index in [9.17, 15) is 0 Å². The number of aromatic nitrogens is 1. The van der Waals surface area contributed by atoms with Gasteiger partial charge < -0.3 is 4.57 Å². The van der Waals surface area contributed by atoms with E-state index in [1.165, 1.54) is 22.4 Å². The third-order valence-electron chi connectivity index (χ3n) is 3.18. The second kappa shape index (κ2) is 4.46. The molecule has 0 aliphatic carbocycles. The van der Waals surface area contributed by atoms with Crippen LogP contribution in [0, 0.1) is 20.8 Å². The molecule has 16 heavy (non-hydrogen) atoms. The maximum atomic E-state index is 3.45. The van der Waals surface area contributed by atoms with E-state index in [-0.39, 0.29) is 0 Å². The lowest BCUT2D eigenvalue weighted by atomic mass is 10.2.